The molecule has 106 valence electrons. The molecule has 3 nitrogen and oxygen atoms in total. The summed E-state index contributed by atoms with van der Waals surface area (Å²) in [5.74, 6) is 2.41. The van der Waals surface area contributed by atoms with E-state index >= 15 is 0 Å². The summed E-state index contributed by atoms with van der Waals surface area (Å²) >= 11 is 0. The SMILES string of the molecule is CCOc1cc(NCC2CCCCC2C)ccc1N. The lowest BCUT2D eigenvalue weighted by molar-refractivity contribution is 0.268. The second-order valence-corrected chi connectivity index (χ2v) is 5.59. The van der Waals surface area contributed by atoms with E-state index in [2.05, 4.69) is 12.2 Å². The summed E-state index contributed by atoms with van der Waals surface area (Å²) in [5, 5.41) is 3.54. The Kier molecular flexibility index (Phi) is 4.94. The van der Waals surface area contributed by atoms with Gasteiger partial charge in [-0.15, -0.1) is 0 Å². The highest BCUT2D eigenvalue weighted by Crippen LogP contribution is 2.30. The van der Waals surface area contributed by atoms with Gasteiger partial charge in [-0.3, -0.25) is 0 Å². The molecule has 1 aromatic carbocycles. The molecule has 0 aliphatic heterocycles. The Balaban J connectivity index is 1.93. The summed E-state index contributed by atoms with van der Waals surface area (Å²) in [6.45, 7) is 6.05. The average molecular weight is 262 g/mol. The minimum absolute atomic E-state index is 0.646. The molecule has 0 aromatic heterocycles. The summed E-state index contributed by atoms with van der Waals surface area (Å²) < 4.78 is 5.53. The van der Waals surface area contributed by atoms with Gasteiger partial charge in [-0.1, -0.05) is 26.2 Å². The standard InChI is InChI=1S/C16H26N2O/c1-3-19-16-10-14(8-9-15(16)17)18-11-13-7-5-4-6-12(13)2/h8-10,12-13,18H,3-7,11,17H2,1-2H3. The van der Waals surface area contributed by atoms with Gasteiger partial charge < -0.3 is 15.8 Å². The third-order valence-electron chi connectivity index (χ3n) is 4.17. The molecule has 1 aromatic rings. The van der Waals surface area contributed by atoms with Crippen LogP contribution >= 0.6 is 0 Å². The molecule has 3 N–H and O–H groups in total. The van der Waals surface area contributed by atoms with Crippen molar-refractivity contribution in [3.8, 4) is 5.75 Å². The number of hydrogen-bond donors (Lipinski definition) is 2. The predicted molar refractivity (Wildman–Crippen MR) is 81.6 cm³/mol. The Labute approximate surface area is 116 Å². The van der Waals surface area contributed by atoms with E-state index in [-0.39, 0.29) is 0 Å². The average Bonchev–Trinajstić information content (AvgIpc) is 2.41. The summed E-state index contributed by atoms with van der Waals surface area (Å²) in [4.78, 5) is 0. The van der Waals surface area contributed by atoms with Crippen molar-refractivity contribution >= 4 is 11.4 Å². The lowest BCUT2D eigenvalue weighted by atomic mass is 9.80. The molecule has 1 aliphatic rings. The van der Waals surface area contributed by atoms with Crippen LogP contribution in [0.2, 0.25) is 0 Å². The van der Waals surface area contributed by atoms with E-state index in [4.69, 9.17) is 10.5 Å². The van der Waals surface area contributed by atoms with E-state index in [1.807, 2.05) is 25.1 Å². The second-order valence-electron chi connectivity index (χ2n) is 5.59. The quantitative estimate of drug-likeness (QED) is 0.791. The minimum Gasteiger partial charge on any atom is -0.492 e. The molecule has 0 radical (unpaired) electrons. The number of ether oxygens (including phenoxy) is 1. The summed E-state index contributed by atoms with van der Waals surface area (Å²) in [6.07, 6.45) is 5.50. The fraction of sp³-hybridized carbons (Fsp3) is 0.625. The third-order valence-corrected chi connectivity index (χ3v) is 4.17. The van der Waals surface area contributed by atoms with Crippen LogP contribution in [0, 0.1) is 11.8 Å². The minimum atomic E-state index is 0.646. The molecule has 1 aliphatic carbocycles. The second kappa shape index (κ2) is 6.69. The van der Waals surface area contributed by atoms with Gasteiger partial charge in [-0.2, -0.15) is 0 Å². The highest BCUT2D eigenvalue weighted by molar-refractivity contribution is 5.61. The largest absolute Gasteiger partial charge is 0.492 e. The molecule has 2 atom stereocenters. The first-order chi connectivity index (χ1) is 9.20. The first-order valence-corrected chi connectivity index (χ1v) is 7.47. The van der Waals surface area contributed by atoms with E-state index in [1.54, 1.807) is 0 Å². The van der Waals surface area contributed by atoms with Crippen LogP contribution in [-0.4, -0.2) is 13.2 Å². The summed E-state index contributed by atoms with van der Waals surface area (Å²) in [6, 6.07) is 5.95. The Bertz CT molecular complexity index is 406. The van der Waals surface area contributed by atoms with Crippen molar-refractivity contribution < 1.29 is 4.74 Å². The van der Waals surface area contributed by atoms with Gasteiger partial charge in [0.2, 0.25) is 0 Å². The van der Waals surface area contributed by atoms with Gasteiger partial charge >= 0.3 is 0 Å². The Morgan fingerprint density at radius 1 is 1.32 bits per heavy atom. The van der Waals surface area contributed by atoms with Crippen molar-refractivity contribution in [1.82, 2.24) is 0 Å². The maximum atomic E-state index is 5.88. The molecule has 2 unspecified atom stereocenters. The van der Waals surface area contributed by atoms with Gasteiger partial charge in [-0.25, -0.2) is 0 Å². The number of rotatable bonds is 5. The molecule has 0 spiro atoms. The van der Waals surface area contributed by atoms with Gasteiger partial charge in [0, 0.05) is 18.3 Å². The zero-order chi connectivity index (χ0) is 13.7. The van der Waals surface area contributed by atoms with Gasteiger partial charge in [0.15, 0.2) is 0 Å². The zero-order valence-electron chi connectivity index (χ0n) is 12.1. The number of anilines is 2. The zero-order valence-corrected chi connectivity index (χ0v) is 12.1. The van der Waals surface area contributed by atoms with Gasteiger partial charge in [0.25, 0.3) is 0 Å². The van der Waals surface area contributed by atoms with Crippen LogP contribution in [0.1, 0.15) is 39.5 Å². The molecule has 1 saturated carbocycles. The van der Waals surface area contributed by atoms with Crippen LogP contribution < -0.4 is 15.8 Å². The summed E-state index contributed by atoms with van der Waals surface area (Å²) in [5.41, 5.74) is 7.70. The smallest absolute Gasteiger partial charge is 0.144 e. The van der Waals surface area contributed by atoms with E-state index in [1.165, 1.54) is 25.7 Å². The molecule has 0 amide bonds. The van der Waals surface area contributed by atoms with Crippen LogP contribution in [0.25, 0.3) is 0 Å². The molecule has 0 bridgehead atoms. The molecule has 0 saturated heterocycles. The van der Waals surface area contributed by atoms with Crippen LogP contribution in [-0.2, 0) is 0 Å². The highest BCUT2D eigenvalue weighted by Gasteiger charge is 2.20. The van der Waals surface area contributed by atoms with Crippen molar-refractivity contribution in [3.05, 3.63) is 18.2 Å². The number of benzene rings is 1. The Hall–Kier alpha value is -1.38. The fourth-order valence-electron chi connectivity index (χ4n) is 2.87. The predicted octanol–water partition coefficient (Wildman–Crippen LogP) is 3.91. The number of nitrogens with one attached hydrogen (secondary N) is 1. The van der Waals surface area contributed by atoms with Crippen LogP contribution in [0.15, 0.2) is 18.2 Å². The van der Waals surface area contributed by atoms with Crippen LogP contribution in [0.4, 0.5) is 11.4 Å². The van der Waals surface area contributed by atoms with E-state index in [9.17, 15) is 0 Å². The van der Waals surface area contributed by atoms with Crippen molar-refractivity contribution in [2.75, 3.05) is 24.2 Å². The normalized spacial score (nSPS) is 23.1. The summed E-state index contributed by atoms with van der Waals surface area (Å²) in [7, 11) is 0. The van der Waals surface area contributed by atoms with Crippen molar-refractivity contribution in [2.24, 2.45) is 11.8 Å². The fourth-order valence-corrected chi connectivity index (χ4v) is 2.87. The van der Waals surface area contributed by atoms with Gasteiger partial charge in [0.1, 0.15) is 5.75 Å². The molecule has 0 heterocycles. The highest BCUT2D eigenvalue weighted by atomic mass is 16.5. The lowest BCUT2D eigenvalue weighted by Gasteiger charge is -2.29. The van der Waals surface area contributed by atoms with E-state index in [0.717, 1.165) is 29.8 Å². The third kappa shape index (κ3) is 3.79. The van der Waals surface area contributed by atoms with E-state index in [0.29, 0.717) is 12.3 Å². The number of hydrogen-bond acceptors (Lipinski definition) is 3. The molecule has 1 fully saturated rings. The van der Waals surface area contributed by atoms with Crippen LogP contribution in [0.5, 0.6) is 5.75 Å². The van der Waals surface area contributed by atoms with E-state index < -0.39 is 0 Å². The first kappa shape index (κ1) is 14.0. The lowest BCUT2D eigenvalue weighted by Crippen LogP contribution is -2.24. The molecule has 2 rings (SSSR count). The Morgan fingerprint density at radius 2 is 2.11 bits per heavy atom. The van der Waals surface area contributed by atoms with Crippen molar-refractivity contribution in [1.29, 1.82) is 0 Å². The first-order valence-electron chi connectivity index (χ1n) is 7.47. The maximum absolute atomic E-state index is 5.88. The van der Waals surface area contributed by atoms with Gasteiger partial charge in [0.05, 0.1) is 12.3 Å². The number of nitrogens with two attached hydrogens (primary N) is 1. The monoisotopic (exact) mass is 262 g/mol. The Morgan fingerprint density at radius 3 is 2.84 bits per heavy atom. The topological polar surface area (TPSA) is 47.3 Å². The number of nitrogen functional groups attached to an aromatic ring is 1. The van der Waals surface area contributed by atoms with Crippen molar-refractivity contribution in [3.63, 3.8) is 0 Å². The maximum Gasteiger partial charge on any atom is 0.144 e. The molecule has 3 heteroatoms. The molecular formula is C16H26N2O. The van der Waals surface area contributed by atoms with Crippen molar-refractivity contribution in [2.45, 2.75) is 39.5 Å². The van der Waals surface area contributed by atoms with Gasteiger partial charge in [-0.05, 0) is 37.3 Å². The molecule has 19 heavy (non-hydrogen) atoms. The molecular weight excluding hydrogens is 236 g/mol. The van der Waals surface area contributed by atoms with Crippen LogP contribution in [0.3, 0.4) is 0 Å².